The number of nitrogens with zero attached hydrogens (tertiary/aromatic N) is 2. The molecule has 1 aromatic carbocycles. The second-order valence-corrected chi connectivity index (χ2v) is 6.50. The van der Waals surface area contributed by atoms with Gasteiger partial charge >= 0.3 is 0 Å². The Morgan fingerprint density at radius 3 is 2.82 bits per heavy atom. The highest BCUT2D eigenvalue weighted by atomic mass is 19.1. The van der Waals surface area contributed by atoms with Crippen LogP contribution >= 0.6 is 0 Å². The molecule has 0 radical (unpaired) electrons. The first-order valence-corrected chi connectivity index (χ1v) is 8.73. The van der Waals surface area contributed by atoms with Gasteiger partial charge in [-0.1, -0.05) is 0 Å². The van der Waals surface area contributed by atoms with E-state index in [1.807, 2.05) is 10.8 Å². The molecule has 1 N–H and O–H groups in total. The summed E-state index contributed by atoms with van der Waals surface area (Å²) < 4.78 is 20.8. The van der Waals surface area contributed by atoms with E-state index in [4.69, 9.17) is 4.42 Å². The van der Waals surface area contributed by atoms with Crippen molar-refractivity contribution in [3.63, 3.8) is 0 Å². The molecule has 0 fully saturated rings. The molecule has 0 saturated heterocycles. The van der Waals surface area contributed by atoms with Crippen LogP contribution in [0.1, 0.15) is 54.6 Å². The molecule has 2 aromatic heterocycles. The van der Waals surface area contributed by atoms with Crippen molar-refractivity contribution in [2.24, 2.45) is 0 Å². The van der Waals surface area contributed by atoms with Gasteiger partial charge in [-0.2, -0.15) is 0 Å². The van der Waals surface area contributed by atoms with Crippen LogP contribution in [-0.4, -0.2) is 33.6 Å². The first-order valence-electron chi connectivity index (χ1n) is 8.73. The Balaban J connectivity index is 1.57. The average molecular weight is 381 g/mol. The molecule has 1 amide bonds. The Labute approximate surface area is 159 Å². The first-order chi connectivity index (χ1) is 13.5. The van der Waals surface area contributed by atoms with Gasteiger partial charge in [0, 0.05) is 36.6 Å². The van der Waals surface area contributed by atoms with Crippen LogP contribution in [0.5, 0.6) is 0 Å². The molecule has 1 aliphatic carbocycles. The van der Waals surface area contributed by atoms with Gasteiger partial charge < -0.3 is 14.3 Å². The molecular formula is C20H16FN3O4. The van der Waals surface area contributed by atoms with Crippen LogP contribution in [-0.2, 0) is 6.54 Å². The van der Waals surface area contributed by atoms with Crippen molar-refractivity contribution >= 4 is 17.5 Å². The summed E-state index contributed by atoms with van der Waals surface area (Å²) in [4.78, 5) is 42.1. The van der Waals surface area contributed by atoms with E-state index in [1.165, 1.54) is 13.0 Å². The molecule has 1 aliphatic rings. The molecule has 7 nitrogen and oxygen atoms in total. The highest BCUT2D eigenvalue weighted by Gasteiger charge is 2.38. The van der Waals surface area contributed by atoms with Crippen molar-refractivity contribution in [3.05, 3.63) is 76.5 Å². The summed E-state index contributed by atoms with van der Waals surface area (Å²) in [6.45, 7) is 2.57. The van der Waals surface area contributed by atoms with Crippen LogP contribution in [0, 0.1) is 12.7 Å². The Morgan fingerprint density at radius 1 is 1.25 bits per heavy atom. The van der Waals surface area contributed by atoms with E-state index >= 15 is 0 Å². The fraction of sp³-hybridized carbons (Fsp3) is 0.200. The third-order valence-corrected chi connectivity index (χ3v) is 4.65. The molecule has 8 heteroatoms. The maximum Gasteiger partial charge on any atom is 0.255 e. The van der Waals surface area contributed by atoms with E-state index in [-0.39, 0.29) is 33.8 Å². The normalized spacial score (nSPS) is 12.6. The third-order valence-electron chi connectivity index (χ3n) is 4.65. The zero-order valence-corrected chi connectivity index (χ0v) is 15.0. The lowest BCUT2D eigenvalue weighted by Gasteiger charge is -2.14. The number of carbonyl (C=O) groups is 3. The summed E-state index contributed by atoms with van der Waals surface area (Å²) in [7, 11) is 0. The molecule has 2 heterocycles. The molecule has 4 rings (SSSR count). The minimum absolute atomic E-state index is 0.0472. The monoisotopic (exact) mass is 381 g/mol. The predicted molar refractivity (Wildman–Crippen MR) is 95.9 cm³/mol. The summed E-state index contributed by atoms with van der Waals surface area (Å²) in [6, 6.07) is 3.37. The molecule has 0 aliphatic heterocycles. The molecular weight excluding hydrogens is 365 g/mol. The van der Waals surface area contributed by atoms with Crippen LogP contribution < -0.4 is 5.32 Å². The number of aryl methyl sites for hydroxylation is 2. The highest BCUT2D eigenvalue weighted by Crippen LogP contribution is 2.33. The number of furan rings is 1. The Kier molecular flexibility index (Phi) is 4.38. The van der Waals surface area contributed by atoms with Crippen LogP contribution in [0.3, 0.4) is 0 Å². The molecule has 28 heavy (non-hydrogen) atoms. The second-order valence-electron chi connectivity index (χ2n) is 6.50. The standard InChI is InChI=1S/C20H16FN3O4/c1-11-15(20(27)23-5-2-7-24-8-6-22-10-24)16-17(25)13-4-3-12(21)9-14(13)18(26)19(16)28-11/h3-4,6,8-10H,2,5,7H2,1H3,(H,23,27). The van der Waals surface area contributed by atoms with Gasteiger partial charge in [0.25, 0.3) is 5.91 Å². The summed E-state index contributed by atoms with van der Waals surface area (Å²) in [5.74, 6) is -2.28. The maximum atomic E-state index is 13.5. The number of carbonyl (C=O) groups excluding carboxylic acids is 3. The van der Waals surface area contributed by atoms with E-state index in [9.17, 15) is 18.8 Å². The minimum Gasteiger partial charge on any atom is -0.456 e. The SMILES string of the molecule is Cc1oc2c(c1C(=O)NCCCn1ccnc1)C(=O)c1ccc(F)cc1C2=O. The van der Waals surface area contributed by atoms with Gasteiger partial charge in [-0.25, -0.2) is 9.37 Å². The topological polar surface area (TPSA) is 94.2 Å². The van der Waals surface area contributed by atoms with Crippen LogP contribution in [0.2, 0.25) is 0 Å². The Bertz CT molecular complexity index is 1100. The summed E-state index contributed by atoms with van der Waals surface area (Å²) >= 11 is 0. The van der Waals surface area contributed by atoms with Crippen molar-refractivity contribution in [2.45, 2.75) is 19.9 Å². The van der Waals surface area contributed by atoms with Gasteiger partial charge in [-0.05, 0) is 31.5 Å². The number of benzene rings is 1. The largest absolute Gasteiger partial charge is 0.456 e. The number of amides is 1. The smallest absolute Gasteiger partial charge is 0.255 e. The number of nitrogens with one attached hydrogen (secondary N) is 1. The zero-order valence-electron chi connectivity index (χ0n) is 15.0. The number of fused-ring (bicyclic) bond motifs is 2. The predicted octanol–water partition coefficient (Wildman–Crippen LogP) is 2.52. The van der Waals surface area contributed by atoms with E-state index in [0.717, 1.165) is 12.1 Å². The molecule has 0 unspecified atom stereocenters. The van der Waals surface area contributed by atoms with Gasteiger partial charge in [0.05, 0.1) is 17.5 Å². The van der Waals surface area contributed by atoms with E-state index in [1.54, 1.807) is 12.5 Å². The fourth-order valence-electron chi connectivity index (χ4n) is 3.32. The van der Waals surface area contributed by atoms with E-state index < -0.39 is 23.3 Å². The lowest BCUT2D eigenvalue weighted by Crippen LogP contribution is -2.28. The van der Waals surface area contributed by atoms with Gasteiger partial charge in [-0.15, -0.1) is 0 Å². The van der Waals surface area contributed by atoms with E-state index in [0.29, 0.717) is 19.5 Å². The number of hydrogen-bond acceptors (Lipinski definition) is 5. The van der Waals surface area contributed by atoms with Gasteiger partial charge in [0.15, 0.2) is 11.5 Å². The minimum atomic E-state index is -0.623. The quantitative estimate of drug-likeness (QED) is 0.536. The Morgan fingerprint density at radius 2 is 2.07 bits per heavy atom. The van der Waals surface area contributed by atoms with E-state index in [2.05, 4.69) is 10.3 Å². The van der Waals surface area contributed by atoms with Crippen LogP contribution in [0.15, 0.2) is 41.3 Å². The summed E-state index contributed by atoms with van der Waals surface area (Å²) in [5.41, 5.74) is -0.00734. The number of hydrogen-bond donors (Lipinski definition) is 1. The number of aromatic nitrogens is 2. The molecule has 0 atom stereocenters. The fourth-order valence-corrected chi connectivity index (χ4v) is 3.32. The summed E-state index contributed by atoms with van der Waals surface area (Å²) in [6.07, 6.45) is 5.84. The molecule has 0 bridgehead atoms. The highest BCUT2D eigenvalue weighted by molar-refractivity contribution is 6.30. The lowest BCUT2D eigenvalue weighted by molar-refractivity contribution is 0.0937. The lowest BCUT2D eigenvalue weighted by atomic mass is 9.86. The molecule has 0 spiro atoms. The van der Waals surface area contributed by atoms with Gasteiger partial charge in [0.2, 0.25) is 5.78 Å². The third kappa shape index (κ3) is 2.92. The van der Waals surface area contributed by atoms with Crippen molar-refractivity contribution in [3.8, 4) is 0 Å². The van der Waals surface area contributed by atoms with Crippen LogP contribution in [0.4, 0.5) is 4.39 Å². The van der Waals surface area contributed by atoms with Gasteiger partial charge in [0.1, 0.15) is 11.6 Å². The molecule has 3 aromatic rings. The number of rotatable bonds is 5. The zero-order chi connectivity index (χ0) is 19.8. The van der Waals surface area contributed by atoms with Crippen molar-refractivity contribution in [1.82, 2.24) is 14.9 Å². The molecule has 0 saturated carbocycles. The molecule has 142 valence electrons. The summed E-state index contributed by atoms with van der Waals surface area (Å²) in [5, 5.41) is 2.75. The first kappa shape index (κ1) is 17.8. The number of halogens is 1. The van der Waals surface area contributed by atoms with Crippen molar-refractivity contribution in [1.29, 1.82) is 0 Å². The van der Waals surface area contributed by atoms with Crippen LogP contribution in [0.25, 0.3) is 0 Å². The maximum absolute atomic E-state index is 13.5. The average Bonchev–Trinajstić information content (AvgIpc) is 3.30. The number of ketones is 2. The number of imidazole rings is 1. The van der Waals surface area contributed by atoms with Crippen molar-refractivity contribution < 1.29 is 23.2 Å². The Hall–Kier alpha value is -3.55. The second kappa shape index (κ2) is 6.88. The van der Waals surface area contributed by atoms with Crippen molar-refractivity contribution in [2.75, 3.05) is 6.54 Å². The van der Waals surface area contributed by atoms with Gasteiger partial charge in [-0.3, -0.25) is 14.4 Å².